The van der Waals surface area contributed by atoms with E-state index in [-0.39, 0.29) is 23.5 Å². The van der Waals surface area contributed by atoms with Crippen LogP contribution in [0.25, 0.3) is 23.5 Å². The van der Waals surface area contributed by atoms with Gasteiger partial charge < -0.3 is 30.1 Å². The number of rotatable bonds is 6. The maximum absolute atomic E-state index is 11.3. The van der Waals surface area contributed by atoms with Crippen LogP contribution in [0, 0.1) is 20.8 Å². The van der Waals surface area contributed by atoms with Gasteiger partial charge in [-0.2, -0.15) is 5.70 Å². The van der Waals surface area contributed by atoms with Gasteiger partial charge in [0.05, 0.1) is 0 Å². The van der Waals surface area contributed by atoms with Crippen LogP contribution in [0.4, 0.5) is 0 Å². The third kappa shape index (κ3) is 5.76. The first-order valence-electron chi connectivity index (χ1n) is 12.7. The normalized spacial score (nSPS) is 16.2. The second-order valence-corrected chi connectivity index (χ2v) is 9.18. The van der Waals surface area contributed by atoms with Crippen molar-refractivity contribution < 1.29 is 31.7 Å². The molecule has 7 nitrogen and oxygen atoms in total. The molecule has 0 unspecified atom stereocenters. The first-order chi connectivity index (χ1) is 17.3. The van der Waals surface area contributed by atoms with Crippen LogP contribution >= 0.6 is 0 Å². The number of ether oxygens (including phenoxy) is 1. The smallest absolute Gasteiger partial charge is 0.685 e. The molecular formula is C29H34FeN4O3. The summed E-state index contributed by atoms with van der Waals surface area (Å²) in [6.45, 7) is 12.9. The number of aliphatic carboxylic acids is 1. The molecule has 0 amide bonds. The van der Waals surface area contributed by atoms with Crippen LogP contribution in [0.15, 0.2) is 5.70 Å². The van der Waals surface area contributed by atoms with Gasteiger partial charge in [-0.05, 0) is 51.2 Å². The molecule has 4 heterocycles. The monoisotopic (exact) mass is 542 g/mol. The molecule has 0 atom stereocenters. The Hall–Kier alpha value is -3.09. The molecule has 3 aromatic heterocycles. The molecule has 1 aliphatic rings. The van der Waals surface area contributed by atoms with Crippen molar-refractivity contribution in [2.75, 3.05) is 6.54 Å². The largest absolute Gasteiger partial charge is 4.00 e. The number of hydrogen-bond donors (Lipinski definition) is 1. The predicted molar refractivity (Wildman–Crippen MR) is 142 cm³/mol. The summed E-state index contributed by atoms with van der Waals surface area (Å²) in [5, 5.41) is 15.7. The summed E-state index contributed by atoms with van der Waals surface area (Å²) >= 11 is 0. The number of carbonyl (C=O) groups is 1. The minimum atomic E-state index is -0.821. The molecule has 1 aliphatic heterocycles. The zero-order valence-electron chi connectivity index (χ0n) is 22.4. The summed E-state index contributed by atoms with van der Waals surface area (Å²) < 4.78 is 6.35. The standard InChI is InChI=1S/C29H34N4O3.Fe/c1-7-19-14-24-16(4)21(9-3)29(32-24)36-28-18(6)20(8-2)26(33-28)15-25-17(5)22(10-11-27(34)35)23(31-25)12-13-30-19;/h12,14-15H,7-11,13H2,1-6H3,(H,34,35);/q-4;+4/b19-14-,23-12-,25-15-;. The van der Waals surface area contributed by atoms with Crippen molar-refractivity contribution in [3.05, 3.63) is 66.5 Å². The molecule has 0 aliphatic carbocycles. The van der Waals surface area contributed by atoms with Crippen LogP contribution in [0.2, 0.25) is 0 Å². The summed E-state index contributed by atoms with van der Waals surface area (Å²) in [5.41, 5.74) is 8.86. The van der Waals surface area contributed by atoms with E-state index in [1.54, 1.807) is 0 Å². The van der Waals surface area contributed by atoms with Gasteiger partial charge >= 0.3 is 23.0 Å². The predicted octanol–water partition coefficient (Wildman–Crippen LogP) is 4.16. The molecular weight excluding hydrogens is 508 g/mol. The van der Waals surface area contributed by atoms with Crippen LogP contribution in [0.1, 0.15) is 78.4 Å². The van der Waals surface area contributed by atoms with Crippen molar-refractivity contribution in [1.29, 1.82) is 0 Å². The van der Waals surface area contributed by atoms with E-state index < -0.39 is 5.97 Å². The van der Waals surface area contributed by atoms with Gasteiger partial charge in [0.15, 0.2) is 0 Å². The minimum absolute atomic E-state index is 0. The summed E-state index contributed by atoms with van der Waals surface area (Å²) in [7, 11) is 0. The molecule has 0 spiro atoms. The first kappa shape index (κ1) is 28.5. The molecule has 196 valence electrons. The number of nitrogens with zero attached hydrogens (tertiary/aromatic N) is 4. The van der Waals surface area contributed by atoms with Gasteiger partial charge in [0.2, 0.25) is 0 Å². The molecule has 8 heteroatoms. The Morgan fingerprint density at radius 1 is 0.838 bits per heavy atom. The Bertz CT molecular complexity index is 1440. The molecule has 0 saturated heterocycles. The maximum Gasteiger partial charge on any atom is 4.00 e. The molecule has 0 saturated carbocycles. The quantitative estimate of drug-likeness (QED) is 0.470. The third-order valence-electron chi connectivity index (χ3n) is 7.02. The number of hydrogen-bond acceptors (Lipinski definition) is 2. The average Bonchev–Trinajstić information content (AvgIpc) is 3.42. The second-order valence-electron chi connectivity index (χ2n) is 9.18. The number of fused-ring (bicyclic) bond motifs is 6. The van der Waals surface area contributed by atoms with Gasteiger partial charge in [0, 0.05) is 18.2 Å². The minimum Gasteiger partial charge on any atom is -0.685 e. The molecule has 6 bridgehead atoms. The molecule has 0 aromatic carbocycles. The van der Waals surface area contributed by atoms with E-state index in [1.807, 2.05) is 32.1 Å². The first-order valence-corrected chi connectivity index (χ1v) is 12.7. The van der Waals surface area contributed by atoms with E-state index in [9.17, 15) is 9.90 Å². The SMILES string of the molecule is CC/C1=C/c2[n-]c(c(CC)c2C)Oc2[n-]c(c(CC)c2C)/C=c2\[n-]/c(c(CCC(=O)O)c2C)=C\C[N-]1.[Fe+4]. The van der Waals surface area contributed by atoms with Gasteiger partial charge in [0.1, 0.15) is 0 Å². The summed E-state index contributed by atoms with van der Waals surface area (Å²) in [6.07, 6.45) is 8.87. The fraction of sp³-hybridized carbons (Fsp3) is 0.414. The Balaban J connectivity index is 0.00000380. The van der Waals surface area contributed by atoms with Gasteiger partial charge in [-0.3, -0.25) is 4.79 Å². The van der Waals surface area contributed by atoms with Crippen LogP contribution < -0.4 is 30.4 Å². The molecule has 3 aromatic rings. The van der Waals surface area contributed by atoms with E-state index in [0.717, 1.165) is 80.4 Å². The summed E-state index contributed by atoms with van der Waals surface area (Å²) in [6, 6.07) is 0. The topological polar surface area (TPSA) is 103 Å². The molecule has 37 heavy (non-hydrogen) atoms. The van der Waals surface area contributed by atoms with Gasteiger partial charge in [-0.1, -0.05) is 61.6 Å². The molecule has 1 N–H and O–H groups in total. The Labute approximate surface area is 229 Å². The summed E-state index contributed by atoms with van der Waals surface area (Å²) in [5.74, 6) is 0.347. The summed E-state index contributed by atoms with van der Waals surface area (Å²) in [4.78, 5) is 25.9. The van der Waals surface area contributed by atoms with Crippen molar-refractivity contribution in [2.24, 2.45) is 0 Å². The number of carboxylic acid groups (broad SMARTS) is 1. The molecule has 4 rings (SSSR count). The van der Waals surface area contributed by atoms with Gasteiger partial charge in [-0.25, -0.2) is 0 Å². The number of aromatic nitrogens is 3. The average molecular weight is 542 g/mol. The van der Waals surface area contributed by atoms with Crippen LogP contribution in [0.5, 0.6) is 11.8 Å². The van der Waals surface area contributed by atoms with Crippen molar-refractivity contribution in [2.45, 2.75) is 73.6 Å². The Morgan fingerprint density at radius 3 is 2.19 bits per heavy atom. The second kappa shape index (κ2) is 12.0. The fourth-order valence-corrected chi connectivity index (χ4v) is 4.84. The van der Waals surface area contributed by atoms with E-state index in [0.29, 0.717) is 24.7 Å². The van der Waals surface area contributed by atoms with E-state index in [2.05, 4.69) is 27.7 Å². The molecule has 0 radical (unpaired) electrons. The van der Waals surface area contributed by atoms with E-state index >= 15 is 0 Å². The zero-order valence-corrected chi connectivity index (χ0v) is 23.5. The van der Waals surface area contributed by atoms with Crippen molar-refractivity contribution in [1.82, 2.24) is 15.0 Å². The Morgan fingerprint density at radius 2 is 1.54 bits per heavy atom. The number of allylic oxidation sites excluding steroid dienone is 1. The molecule has 0 fully saturated rings. The van der Waals surface area contributed by atoms with Crippen molar-refractivity contribution in [3.63, 3.8) is 0 Å². The van der Waals surface area contributed by atoms with Gasteiger partial charge in [-0.15, -0.1) is 34.7 Å². The fourth-order valence-electron chi connectivity index (χ4n) is 4.84. The Kier molecular flexibility index (Phi) is 9.21. The number of carboxylic acids is 1. The van der Waals surface area contributed by atoms with Crippen molar-refractivity contribution in [3.8, 4) is 11.8 Å². The zero-order chi connectivity index (χ0) is 26.0. The van der Waals surface area contributed by atoms with Crippen LogP contribution in [0.3, 0.4) is 0 Å². The van der Waals surface area contributed by atoms with Gasteiger partial charge in [0.25, 0.3) is 0 Å². The van der Waals surface area contributed by atoms with Crippen LogP contribution in [-0.4, -0.2) is 17.6 Å². The third-order valence-corrected chi connectivity index (χ3v) is 7.02. The van der Waals surface area contributed by atoms with Crippen LogP contribution in [-0.2, 0) is 41.1 Å². The van der Waals surface area contributed by atoms with Crippen molar-refractivity contribution >= 4 is 24.2 Å². The maximum atomic E-state index is 11.3. The van der Waals surface area contributed by atoms with E-state index in [4.69, 9.17) is 25.0 Å². The van der Waals surface area contributed by atoms with E-state index in [1.165, 1.54) is 0 Å².